The van der Waals surface area contributed by atoms with Gasteiger partial charge in [0.05, 0.1) is 13.2 Å². The molecule has 2 rings (SSSR count). The number of hydrogen-bond donors (Lipinski definition) is 1. The summed E-state index contributed by atoms with van der Waals surface area (Å²) in [6.07, 6.45) is 0. The average molecular weight is 234 g/mol. The van der Waals surface area contributed by atoms with Crippen LogP contribution in [0.2, 0.25) is 0 Å². The van der Waals surface area contributed by atoms with Crippen LogP contribution >= 0.6 is 0 Å². The minimum Gasteiger partial charge on any atom is -0.379 e. The number of nitrogens with zero attached hydrogens (tertiary/aromatic N) is 1. The number of hydrogen-bond acceptors (Lipinski definition) is 3. The molecule has 0 radical (unpaired) electrons. The van der Waals surface area contributed by atoms with Crippen molar-refractivity contribution in [2.45, 2.75) is 25.9 Å². The van der Waals surface area contributed by atoms with Crippen LogP contribution in [0.5, 0.6) is 0 Å². The summed E-state index contributed by atoms with van der Waals surface area (Å²) in [5.41, 5.74) is 8.34. The Labute approximate surface area is 104 Å². The van der Waals surface area contributed by atoms with Gasteiger partial charge in [0.25, 0.3) is 0 Å². The summed E-state index contributed by atoms with van der Waals surface area (Å²) in [5, 5.41) is 0. The second kappa shape index (κ2) is 5.17. The van der Waals surface area contributed by atoms with E-state index in [1.54, 1.807) is 0 Å². The van der Waals surface area contributed by atoms with Crippen LogP contribution in [0.3, 0.4) is 0 Å². The number of ether oxygens (including phenoxy) is 1. The van der Waals surface area contributed by atoms with E-state index in [0.29, 0.717) is 0 Å². The van der Waals surface area contributed by atoms with E-state index in [2.05, 4.69) is 29.2 Å². The van der Waals surface area contributed by atoms with Crippen molar-refractivity contribution >= 4 is 0 Å². The summed E-state index contributed by atoms with van der Waals surface area (Å²) < 4.78 is 5.34. The fraction of sp³-hybridized carbons (Fsp3) is 0.571. The third-order valence-corrected chi connectivity index (χ3v) is 3.21. The highest BCUT2D eigenvalue weighted by molar-refractivity contribution is 5.27. The molecule has 1 heterocycles. The molecule has 0 aliphatic carbocycles. The number of nitrogens with two attached hydrogens (primary N) is 1. The molecule has 0 spiro atoms. The van der Waals surface area contributed by atoms with Crippen LogP contribution in [0.15, 0.2) is 24.3 Å². The summed E-state index contributed by atoms with van der Waals surface area (Å²) in [6.45, 7) is 8.85. The zero-order valence-corrected chi connectivity index (χ0v) is 10.8. The maximum absolute atomic E-state index is 6.06. The Morgan fingerprint density at radius 2 is 1.76 bits per heavy atom. The Morgan fingerprint density at radius 3 is 2.29 bits per heavy atom. The van der Waals surface area contributed by atoms with Gasteiger partial charge in [-0.3, -0.25) is 4.90 Å². The van der Waals surface area contributed by atoms with E-state index >= 15 is 0 Å². The van der Waals surface area contributed by atoms with Crippen LogP contribution in [-0.4, -0.2) is 31.2 Å². The number of benzene rings is 1. The quantitative estimate of drug-likeness (QED) is 0.865. The van der Waals surface area contributed by atoms with Crippen molar-refractivity contribution < 1.29 is 4.74 Å². The molecule has 1 fully saturated rings. The van der Waals surface area contributed by atoms with Crippen molar-refractivity contribution in [1.82, 2.24) is 4.90 Å². The highest BCUT2D eigenvalue weighted by atomic mass is 16.5. The molecule has 1 aromatic carbocycles. The Kier molecular flexibility index (Phi) is 3.82. The highest BCUT2D eigenvalue weighted by Gasteiger charge is 2.14. The van der Waals surface area contributed by atoms with Crippen molar-refractivity contribution in [3.05, 3.63) is 35.4 Å². The van der Waals surface area contributed by atoms with E-state index in [-0.39, 0.29) is 5.54 Å². The molecule has 0 unspecified atom stereocenters. The van der Waals surface area contributed by atoms with Crippen LogP contribution in [-0.2, 0) is 16.8 Å². The van der Waals surface area contributed by atoms with Crippen molar-refractivity contribution in [3.8, 4) is 0 Å². The second-order valence-electron chi connectivity index (χ2n) is 5.31. The molecule has 1 saturated heterocycles. The predicted molar refractivity (Wildman–Crippen MR) is 69.8 cm³/mol. The lowest BCUT2D eigenvalue weighted by Crippen LogP contribution is -2.35. The van der Waals surface area contributed by atoms with Gasteiger partial charge >= 0.3 is 0 Å². The molecular formula is C14H22N2O. The monoisotopic (exact) mass is 234 g/mol. The standard InChI is InChI=1S/C14H22N2O/c1-14(2,15)13-5-3-12(4-6-13)11-16-7-9-17-10-8-16/h3-6H,7-11,15H2,1-2H3. The van der Waals surface area contributed by atoms with Gasteiger partial charge in [-0.15, -0.1) is 0 Å². The van der Waals surface area contributed by atoms with Gasteiger partial charge in [-0.1, -0.05) is 24.3 Å². The lowest BCUT2D eigenvalue weighted by molar-refractivity contribution is 0.0342. The molecule has 1 aromatic rings. The van der Waals surface area contributed by atoms with Gasteiger partial charge in [0.2, 0.25) is 0 Å². The van der Waals surface area contributed by atoms with Gasteiger partial charge in [0.15, 0.2) is 0 Å². The molecule has 0 aromatic heterocycles. The van der Waals surface area contributed by atoms with Crippen LogP contribution in [0.4, 0.5) is 0 Å². The Balaban J connectivity index is 1.98. The molecule has 1 aliphatic heterocycles. The third kappa shape index (κ3) is 3.53. The second-order valence-corrected chi connectivity index (χ2v) is 5.31. The summed E-state index contributed by atoms with van der Waals surface area (Å²) in [6, 6.07) is 8.63. The summed E-state index contributed by atoms with van der Waals surface area (Å²) in [5.74, 6) is 0. The summed E-state index contributed by atoms with van der Waals surface area (Å²) in [4.78, 5) is 2.42. The molecule has 0 saturated carbocycles. The molecular weight excluding hydrogens is 212 g/mol. The molecule has 0 atom stereocenters. The Hall–Kier alpha value is -0.900. The van der Waals surface area contributed by atoms with Gasteiger partial charge < -0.3 is 10.5 Å². The molecule has 94 valence electrons. The SMILES string of the molecule is CC(C)(N)c1ccc(CN2CCOCC2)cc1. The normalized spacial score (nSPS) is 18.3. The van der Waals surface area contributed by atoms with Gasteiger partial charge in [0, 0.05) is 25.2 Å². The largest absolute Gasteiger partial charge is 0.379 e. The van der Waals surface area contributed by atoms with Gasteiger partial charge in [-0.2, -0.15) is 0 Å². The van der Waals surface area contributed by atoms with Gasteiger partial charge in [-0.25, -0.2) is 0 Å². The summed E-state index contributed by atoms with van der Waals surface area (Å²) in [7, 11) is 0. The average Bonchev–Trinajstić information content (AvgIpc) is 2.30. The molecule has 1 aliphatic rings. The van der Waals surface area contributed by atoms with E-state index in [1.807, 2.05) is 13.8 Å². The van der Waals surface area contributed by atoms with Crippen molar-refractivity contribution in [2.24, 2.45) is 5.73 Å². The van der Waals surface area contributed by atoms with Crippen LogP contribution in [0, 0.1) is 0 Å². The maximum Gasteiger partial charge on any atom is 0.0594 e. The zero-order chi connectivity index (χ0) is 12.3. The first-order chi connectivity index (χ1) is 8.05. The lowest BCUT2D eigenvalue weighted by Gasteiger charge is -2.27. The third-order valence-electron chi connectivity index (χ3n) is 3.21. The lowest BCUT2D eigenvalue weighted by atomic mass is 9.95. The highest BCUT2D eigenvalue weighted by Crippen LogP contribution is 2.18. The van der Waals surface area contributed by atoms with E-state index in [1.165, 1.54) is 11.1 Å². The molecule has 0 bridgehead atoms. The summed E-state index contributed by atoms with van der Waals surface area (Å²) >= 11 is 0. The molecule has 3 heteroatoms. The van der Waals surface area contributed by atoms with Crippen LogP contribution in [0.25, 0.3) is 0 Å². The Bertz CT molecular complexity index is 347. The van der Waals surface area contributed by atoms with Gasteiger partial charge in [-0.05, 0) is 25.0 Å². The van der Waals surface area contributed by atoms with E-state index in [9.17, 15) is 0 Å². The minimum absolute atomic E-state index is 0.252. The van der Waals surface area contributed by atoms with Crippen molar-refractivity contribution in [1.29, 1.82) is 0 Å². The van der Waals surface area contributed by atoms with E-state index in [0.717, 1.165) is 32.8 Å². The van der Waals surface area contributed by atoms with Crippen molar-refractivity contribution in [2.75, 3.05) is 26.3 Å². The number of morpholine rings is 1. The smallest absolute Gasteiger partial charge is 0.0594 e. The predicted octanol–water partition coefficient (Wildman–Crippen LogP) is 1.71. The first kappa shape index (κ1) is 12.6. The molecule has 0 amide bonds. The number of rotatable bonds is 3. The Morgan fingerprint density at radius 1 is 1.18 bits per heavy atom. The fourth-order valence-electron chi connectivity index (χ4n) is 2.06. The minimum atomic E-state index is -0.252. The van der Waals surface area contributed by atoms with Gasteiger partial charge in [0.1, 0.15) is 0 Å². The van der Waals surface area contributed by atoms with Crippen LogP contribution < -0.4 is 5.73 Å². The topological polar surface area (TPSA) is 38.5 Å². The molecule has 17 heavy (non-hydrogen) atoms. The zero-order valence-electron chi connectivity index (χ0n) is 10.8. The molecule has 2 N–H and O–H groups in total. The van der Waals surface area contributed by atoms with E-state index < -0.39 is 0 Å². The fourth-order valence-corrected chi connectivity index (χ4v) is 2.06. The first-order valence-corrected chi connectivity index (χ1v) is 6.24. The van der Waals surface area contributed by atoms with Crippen LogP contribution in [0.1, 0.15) is 25.0 Å². The molecule has 3 nitrogen and oxygen atoms in total. The maximum atomic E-state index is 6.06. The first-order valence-electron chi connectivity index (χ1n) is 6.24. The van der Waals surface area contributed by atoms with E-state index in [4.69, 9.17) is 10.5 Å². The van der Waals surface area contributed by atoms with Crippen molar-refractivity contribution in [3.63, 3.8) is 0 Å².